The number of carbonyl (C=O) groups is 1. The molecule has 0 N–H and O–H groups in total. The number of hydrogen-bond donors (Lipinski definition) is 0. The first-order valence-electron chi connectivity index (χ1n) is 9.50. The molecule has 0 spiro atoms. The van der Waals surface area contributed by atoms with Crippen LogP contribution in [0.15, 0.2) is 78.9 Å². The van der Waals surface area contributed by atoms with Crippen LogP contribution < -0.4 is 13.7 Å². The lowest BCUT2D eigenvalue weighted by atomic mass is 10.1. The number of para-hydroxylation sites is 3. The zero-order chi connectivity index (χ0) is 19.3. The summed E-state index contributed by atoms with van der Waals surface area (Å²) in [6.07, 6.45) is 3.14. The Morgan fingerprint density at radius 1 is 0.929 bits per heavy atom. The standard InChI is InChI=1S/C23H22NO3P/c1-2-3-11-18-12-7-9-16-21(18)26-28-24(19-13-5-4-6-14-19)23(25)20-15-8-10-17-22(20)27-28/h4-10,12-17H,2-3,11H2,1H3. The van der Waals surface area contributed by atoms with Crippen LogP contribution in [0, 0.1) is 0 Å². The van der Waals surface area contributed by atoms with Crippen LogP contribution >= 0.6 is 8.53 Å². The van der Waals surface area contributed by atoms with E-state index >= 15 is 0 Å². The van der Waals surface area contributed by atoms with E-state index in [-0.39, 0.29) is 5.91 Å². The van der Waals surface area contributed by atoms with Gasteiger partial charge in [-0.05, 0) is 48.7 Å². The minimum Gasteiger partial charge on any atom is -0.422 e. The molecule has 0 saturated carbocycles. The minimum atomic E-state index is -1.66. The highest BCUT2D eigenvalue weighted by Gasteiger charge is 2.39. The van der Waals surface area contributed by atoms with Gasteiger partial charge in [0.1, 0.15) is 11.5 Å². The number of aryl methyl sites for hydroxylation is 1. The smallest absolute Gasteiger partial charge is 0.422 e. The Morgan fingerprint density at radius 3 is 2.46 bits per heavy atom. The van der Waals surface area contributed by atoms with Gasteiger partial charge in [-0.15, -0.1) is 0 Å². The maximum atomic E-state index is 13.3. The molecule has 0 aliphatic carbocycles. The maximum absolute atomic E-state index is 13.3. The molecular weight excluding hydrogens is 369 g/mol. The van der Waals surface area contributed by atoms with Crippen molar-refractivity contribution in [1.29, 1.82) is 0 Å². The highest BCUT2D eigenvalue weighted by atomic mass is 31.2. The fraction of sp³-hybridized carbons (Fsp3) is 0.174. The molecule has 0 saturated heterocycles. The molecule has 5 heteroatoms. The van der Waals surface area contributed by atoms with E-state index in [2.05, 4.69) is 13.0 Å². The fourth-order valence-electron chi connectivity index (χ4n) is 3.13. The summed E-state index contributed by atoms with van der Waals surface area (Å²) in [6, 6.07) is 24.9. The van der Waals surface area contributed by atoms with Gasteiger partial charge in [-0.25, -0.2) is 4.67 Å². The van der Waals surface area contributed by atoms with Crippen molar-refractivity contribution in [2.24, 2.45) is 0 Å². The average molecular weight is 391 g/mol. The third-order valence-electron chi connectivity index (χ3n) is 4.60. The van der Waals surface area contributed by atoms with Crippen molar-refractivity contribution in [2.75, 3.05) is 4.67 Å². The van der Waals surface area contributed by atoms with E-state index in [1.54, 1.807) is 10.7 Å². The summed E-state index contributed by atoms with van der Waals surface area (Å²) in [5.41, 5.74) is 2.45. The Hall–Kier alpha value is -2.84. The van der Waals surface area contributed by atoms with Gasteiger partial charge in [0.05, 0.1) is 11.3 Å². The molecule has 4 rings (SSSR count). The number of amides is 1. The van der Waals surface area contributed by atoms with Gasteiger partial charge in [0.2, 0.25) is 0 Å². The summed E-state index contributed by atoms with van der Waals surface area (Å²) in [6.45, 7) is 2.17. The maximum Gasteiger partial charge on any atom is 0.424 e. The van der Waals surface area contributed by atoms with Crippen molar-refractivity contribution in [2.45, 2.75) is 26.2 Å². The van der Waals surface area contributed by atoms with Gasteiger partial charge < -0.3 is 9.05 Å². The van der Waals surface area contributed by atoms with E-state index in [1.165, 1.54) is 0 Å². The lowest BCUT2D eigenvalue weighted by Crippen LogP contribution is -2.33. The summed E-state index contributed by atoms with van der Waals surface area (Å²) >= 11 is 0. The quantitative estimate of drug-likeness (QED) is 0.458. The van der Waals surface area contributed by atoms with Crippen LogP contribution in [-0.4, -0.2) is 5.91 Å². The third-order valence-corrected chi connectivity index (χ3v) is 6.04. The molecule has 1 unspecified atom stereocenters. The Labute approximate surface area is 166 Å². The van der Waals surface area contributed by atoms with Crippen LogP contribution in [0.4, 0.5) is 5.69 Å². The molecule has 3 aromatic rings. The summed E-state index contributed by atoms with van der Waals surface area (Å²) in [4.78, 5) is 13.3. The van der Waals surface area contributed by atoms with Crippen LogP contribution in [0.3, 0.4) is 0 Å². The molecule has 142 valence electrons. The highest BCUT2D eigenvalue weighted by molar-refractivity contribution is 7.51. The Bertz CT molecular complexity index is 961. The van der Waals surface area contributed by atoms with E-state index < -0.39 is 8.53 Å². The van der Waals surface area contributed by atoms with Gasteiger partial charge in [-0.2, -0.15) is 0 Å². The number of benzene rings is 3. The molecular formula is C23H22NO3P. The van der Waals surface area contributed by atoms with E-state index in [1.807, 2.05) is 66.7 Å². The molecule has 0 bridgehead atoms. The monoisotopic (exact) mass is 391 g/mol. The number of hydrogen-bond acceptors (Lipinski definition) is 3. The van der Waals surface area contributed by atoms with Gasteiger partial charge in [0.25, 0.3) is 5.91 Å². The Morgan fingerprint density at radius 2 is 1.64 bits per heavy atom. The molecule has 1 aliphatic heterocycles. The number of unbranched alkanes of at least 4 members (excludes halogenated alkanes) is 1. The van der Waals surface area contributed by atoms with Crippen molar-refractivity contribution in [3.63, 3.8) is 0 Å². The second-order valence-electron chi connectivity index (χ2n) is 6.58. The van der Waals surface area contributed by atoms with E-state index in [0.29, 0.717) is 11.3 Å². The molecule has 3 aromatic carbocycles. The molecule has 1 amide bonds. The van der Waals surface area contributed by atoms with Crippen molar-refractivity contribution >= 4 is 20.1 Å². The molecule has 0 aromatic heterocycles. The lowest BCUT2D eigenvalue weighted by molar-refractivity contribution is 0.0995. The zero-order valence-electron chi connectivity index (χ0n) is 15.7. The van der Waals surface area contributed by atoms with Crippen LogP contribution in [0.2, 0.25) is 0 Å². The van der Waals surface area contributed by atoms with E-state index in [4.69, 9.17) is 9.05 Å². The minimum absolute atomic E-state index is 0.106. The van der Waals surface area contributed by atoms with Gasteiger partial charge in [0.15, 0.2) is 0 Å². The number of rotatable bonds is 6. The van der Waals surface area contributed by atoms with E-state index in [9.17, 15) is 4.79 Å². The van der Waals surface area contributed by atoms with Crippen molar-refractivity contribution in [3.8, 4) is 11.5 Å². The normalized spacial score (nSPS) is 15.7. The van der Waals surface area contributed by atoms with Gasteiger partial charge in [-0.3, -0.25) is 4.79 Å². The molecule has 0 radical (unpaired) electrons. The largest absolute Gasteiger partial charge is 0.424 e. The zero-order valence-corrected chi connectivity index (χ0v) is 16.6. The molecule has 28 heavy (non-hydrogen) atoms. The average Bonchev–Trinajstić information content (AvgIpc) is 2.74. The number of fused-ring (bicyclic) bond motifs is 1. The number of anilines is 1. The predicted octanol–water partition coefficient (Wildman–Crippen LogP) is 6.37. The van der Waals surface area contributed by atoms with Gasteiger partial charge in [0, 0.05) is 0 Å². The SMILES string of the molecule is CCCCc1ccccc1OP1Oc2ccccc2C(=O)N1c1ccccc1. The summed E-state index contributed by atoms with van der Waals surface area (Å²) in [5.74, 6) is 1.23. The first-order chi connectivity index (χ1) is 13.8. The molecule has 0 fully saturated rings. The van der Waals surface area contributed by atoms with Crippen molar-refractivity contribution in [3.05, 3.63) is 90.0 Å². The van der Waals surface area contributed by atoms with Crippen LogP contribution in [0.5, 0.6) is 11.5 Å². The van der Waals surface area contributed by atoms with Crippen LogP contribution in [0.1, 0.15) is 35.7 Å². The second kappa shape index (κ2) is 8.45. The first-order valence-corrected chi connectivity index (χ1v) is 10.6. The molecule has 1 aliphatic rings. The van der Waals surface area contributed by atoms with E-state index in [0.717, 1.165) is 36.3 Å². The fourth-order valence-corrected chi connectivity index (χ4v) is 4.58. The molecule has 4 nitrogen and oxygen atoms in total. The number of carbonyl (C=O) groups excluding carboxylic acids is 1. The second-order valence-corrected chi connectivity index (χ2v) is 7.82. The predicted molar refractivity (Wildman–Crippen MR) is 113 cm³/mol. The van der Waals surface area contributed by atoms with Crippen LogP contribution in [0.25, 0.3) is 0 Å². The number of nitrogens with zero attached hydrogens (tertiary/aromatic N) is 1. The topological polar surface area (TPSA) is 38.8 Å². The van der Waals surface area contributed by atoms with Crippen LogP contribution in [-0.2, 0) is 6.42 Å². The van der Waals surface area contributed by atoms with Gasteiger partial charge in [-0.1, -0.05) is 61.9 Å². The van der Waals surface area contributed by atoms with Crippen molar-refractivity contribution in [1.82, 2.24) is 0 Å². The highest BCUT2D eigenvalue weighted by Crippen LogP contribution is 2.52. The molecule has 1 atom stereocenters. The van der Waals surface area contributed by atoms with Gasteiger partial charge >= 0.3 is 8.53 Å². The first kappa shape index (κ1) is 18.5. The summed E-state index contributed by atoms with van der Waals surface area (Å²) in [5, 5.41) is 0. The molecule has 1 heterocycles. The summed E-state index contributed by atoms with van der Waals surface area (Å²) in [7, 11) is -1.66. The third kappa shape index (κ3) is 3.74. The lowest BCUT2D eigenvalue weighted by Gasteiger charge is -2.34. The van der Waals surface area contributed by atoms with Crippen molar-refractivity contribution < 1.29 is 13.8 Å². The summed E-state index contributed by atoms with van der Waals surface area (Å²) < 4.78 is 14.1. The Kier molecular flexibility index (Phi) is 5.59. The Balaban J connectivity index is 1.71.